The van der Waals surface area contributed by atoms with E-state index in [9.17, 15) is 9.90 Å². The Morgan fingerprint density at radius 1 is 1.00 bits per heavy atom. The van der Waals surface area contributed by atoms with Gasteiger partial charge in [0.15, 0.2) is 0 Å². The summed E-state index contributed by atoms with van der Waals surface area (Å²) >= 11 is 0. The summed E-state index contributed by atoms with van der Waals surface area (Å²) < 4.78 is 6.11. The normalized spacial score (nSPS) is 14.9. The van der Waals surface area contributed by atoms with E-state index >= 15 is 0 Å². The van der Waals surface area contributed by atoms with Crippen LogP contribution < -0.4 is 4.74 Å². The second kappa shape index (κ2) is 13.3. The smallest absolute Gasteiger partial charge is 0.306 e. The van der Waals surface area contributed by atoms with Crippen molar-refractivity contribution in [2.75, 3.05) is 19.7 Å². The Morgan fingerprint density at radius 3 is 2.37 bits per heavy atom. The van der Waals surface area contributed by atoms with Crippen LogP contribution in [0.1, 0.15) is 71.3 Å². The summed E-state index contributed by atoms with van der Waals surface area (Å²) in [6.07, 6.45) is 7.68. The molecule has 0 radical (unpaired) electrons. The van der Waals surface area contributed by atoms with E-state index in [1.807, 2.05) is 13.8 Å². The van der Waals surface area contributed by atoms with Crippen LogP contribution in [0.4, 0.5) is 0 Å². The third kappa shape index (κ3) is 7.02. The van der Waals surface area contributed by atoms with Gasteiger partial charge < -0.3 is 9.84 Å². The molecule has 1 aliphatic heterocycles. The number of aliphatic carboxylic acids is 1. The fraction of sp³-hybridized carbons (Fsp3) is 0.577. The van der Waals surface area contributed by atoms with E-state index in [1.165, 1.54) is 42.0 Å². The van der Waals surface area contributed by atoms with Gasteiger partial charge in [-0.1, -0.05) is 76.8 Å². The molecule has 0 aliphatic carbocycles. The average molecular weight is 414 g/mol. The van der Waals surface area contributed by atoms with Gasteiger partial charge in [-0.2, -0.15) is 0 Å². The molecule has 0 amide bonds. The Morgan fingerprint density at radius 2 is 1.67 bits per heavy atom. The fourth-order valence-corrected chi connectivity index (χ4v) is 4.08. The van der Waals surface area contributed by atoms with Crippen molar-refractivity contribution < 1.29 is 14.6 Å². The Balaban J connectivity index is 0.00000155. The number of piperidine rings is 1. The zero-order chi connectivity index (χ0) is 21.8. The van der Waals surface area contributed by atoms with Crippen molar-refractivity contribution in [2.45, 2.75) is 72.3 Å². The summed E-state index contributed by atoms with van der Waals surface area (Å²) in [5, 5.41) is 11.6. The summed E-state index contributed by atoms with van der Waals surface area (Å²) in [7, 11) is 0. The zero-order valence-corrected chi connectivity index (χ0v) is 19.0. The van der Waals surface area contributed by atoms with Crippen LogP contribution >= 0.6 is 0 Å². The molecule has 30 heavy (non-hydrogen) atoms. The highest BCUT2D eigenvalue weighted by atomic mass is 16.5. The van der Waals surface area contributed by atoms with Gasteiger partial charge in [0.25, 0.3) is 0 Å². The molecule has 1 fully saturated rings. The molecule has 2 aromatic carbocycles. The molecule has 0 saturated carbocycles. The number of hydrogen-bond acceptors (Lipinski definition) is 3. The van der Waals surface area contributed by atoms with Crippen LogP contribution in [0, 0.1) is 5.92 Å². The van der Waals surface area contributed by atoms with E-state index < -0.39 is 5.97 Å². The van der Waals surface area contributed by atoms with E-state index in [0.717, 1.165) is 51.3 Å². The molecule has 166 valence electrons. The highest BCUT2D eigenvalue weighted by molar-refractivity contribution is 5.91. The second-order valence-corrected chi connectivity index (χ2v) is 7.92. The molecule has 1 N–H and O–H groups in total. The third-order valence-corrected chi connectivity index (χ3v) is 5.81. The average Bonchev–Trinajstić information content (AvgIpc) is 2.78. The van der Waals surface area contributed by atoms with Gasteiger partial charge in [-0.05, 0) is 49.4 Å². The summed E-state index contributed by atoms with van der Waals surface area (Å²) in [5.74, 6) is 0.141. The first kappa shape index (κ1) is 24.2. The molecular formula is C26H39NO3. The first-order valence-electron chi connectivity index (χ1n) is 11.8. The van der Waals surface area contributed by atoms with Crippen molar-refractivity contribution in [2.24, 2.45) is 5.92 Å². The van der Waals surface area contributed by atoms with E-state index in [0.29, 0.717) is 0 Å². The minimum atomic E-state index is -0.652. The Labute approximate surface area is 182 Å². The molecule has 2 aromatic rings. The Bertz CT molecular complexity index is 766. The largest absolute Gasteiger partial charge is 0.493 e. The van der Waals surface area contributed by atoms with Gasteiger partial charge in [-0.25, -0.2) is 0 Å². The maximum atomic E-state index is 11.2. The van der Waals surface area contributed by atoms with Crippen molar-refractivity contribution in [3.8, 4) is 5.75 Å². The van der Waals surface area contributed by atoms with E-state index in [2.05, 4.69) is 48.2 Å². The summed E-state index contributed by atoms with van der Waals surface area (Å²) in [6, 6.07) is 12.7. The predicted molar refractivity (Wildman–Crippen MR) is 125 cm³/mol. The predicted octanol–water partition coefficient (Wildman–Crippen LogP) is 6.51. The SMILES string of the molecule is CC.CCCCCCCOc1cccc2c(CN3CCC(C(=O)O)CC3)cccc12. The molecule has 0 unspecified atom stereocenters. The number of fused-ring (bicyclic) bond motifs is 1. The van der Waals surface area contributed by atoms with Gasteiger partial charge in [-0.15, -0.1) is 0 Å². The number of ether oxygens (including phenoxy) is 1. The van der Waals surface area contributed by atoms with Crippen molar-refractivity contribution in [3.63, 3.8) is 0 Å². The fourth-order valence-electron chi connectivity index (χ4n) is 4.08. The minimum Gasteiger partial charge on any atom is -0.493 e. The molecular weight excluding hydrogens is 374 g/mol. The summed E-state index contributed by atoms with van der Waals surface area (Å²) in [5.41, 5.74) is 1.29. The van der Waals surface area contributed by atoms with Crippen molar-refractivity contribution in [1.82, 2.24) is 4.90 Å². The molecule has 0 bridgehead atoms. The lowest BCUT2D eigenvalue weighted by Crippen LogP contribution is -2.35. The first-order valence-corrected chi connectivity index (χ1v) is 11.8. The standard InChI is InChI=1S/C24H33NO3.C2H6/c1-2-3-4-5-6-17-28-23-12-8-10-21-20(9-7-11-22(21)23)18-25-15-13-19(14-16-25)24(26)27;1-2/h7-12,19H,2-6,13-18H2,1H3,(H,26,27);1-2H3. The molecule has 4 heteroatoms. The number of likely N-dealkylation sites (tertiary alicyclic amines) is 1. The molecule has 0 aromatic heterocycles. The van der Waals surface area contributed by atoms with Gasteiger partial charge >= 0.3 is 5.97 Å². The molecule has 3 rings (SSSR count). The number of rotatable bonds is 10. The number of benzene rings is 2. The number of unbranched alkanes of at least 4 members (excludes halogenated alkanes) is 4. The third-order valence-electron chi connectivity index (χ3n) is 5.81. The van der Waals surface area contributed by atoms with Gasteiger partial charge in [0.1, 0.15) is 5.75 Å². The van der Waals surface area contributed by atoms with Gasteiger partial charge in [-0.3, -0.25) is 9.69 Å². The van der Waals surface area contributed by atoms with E-state index in [-0.39, 0.29) is 5.92 Å². The number of hydrogen-bond donors (Lipinski definition) is 1. The Hall–Kier alpha value is -2.07. The van der Waals surface area contributed by atoms with Crippen molar-refractivity contribution in [3.05, 3.63) is 42.0 Å². The van der Waals surface area contributed by atoms with Crippen LogP contribution in [0.5, 0.6) is 5.75 Å². The topological polar surface area (TPSA) is 49.8 Å². The minimum absolute atomic E-state index is 0.180. The van der Waals surface area contributed by atoms with Crippen molar-refractivity contribution in [1.29, 1.82) is 0 Å². The molecule has 0 spiro atoms. The highest BCUT2D eigenvalue weighted by Crippen LogP contribution is 2.30. The first-order chi connectivity index (χ1) is 14.7. The van der Waals surface area contributed by atoms with Crippen LogP contribution in [-0.4, -0.2) is 35.7 Å². The van der Waals surface area contributed by atoms with Crippen LogP contribution in [0.15, 0.2) is 36.4 Å². The zero-order valence-electron chi connectivity index (χ0n) is 19.0. The molecule has 1 aliphatic rings. The lowest BCUT2D eigenvalue weighted by atomic mass is 9.96. The Kier molecular flexibility index (Phi) is 10.7. The monoisotopic (exact) mass is 413 g/mol. The maximum Gasteiger partial charge on any atom is 0.306 e. The van der Waals surface area contributed by atoms with Gasteiger partial charge in [0, 0.05) is 11.9 Å². The number of carboxylic acids is 1. The van der Waals surface area contributed by atoms with Crippen LogP contribution in [0.25, 0.3) is 10.8 Å². The van der Waals surface area contributed by atoms with Gasteiger partial charge in [0.2, 0.25) is 0 Å². The van der Waals surface area contributed by atoms with Crippen LogP contribution in [0.3, 0.4) is 0 Å². The van der Waals surface area contributed by atoms with Crippen molar-refractivity contribution >= 4 is 16.7 Å². The number of nitrogens with zero attached hydrogens (tertiary/aromatic N) is 1. The lowest BCUT2D eigenvalue weighted by Gasteiger charge is -2.30. The van der Waals surface area contributed by atoms with Gasteiger partial charge in [0.05, 0.1) is 12.5 Å². The van der Waals surface area contributed by atoms with E-state index in [4.69, 9.17) is 4.74 Å². The number of carbonyl (C=O) groups is 1. The molecule has 0 atom stereocenters. The molecule has 1 heterocycles. The van der Waals surface area contributed by atoms with Crippen LogP contribution in [0.2, 0.25) is 0 Å². The summed E-state index contributed by atoms with van der Waals surface area (Å²) in [6.45, 7) is 9.57. The quantitative estimate of drug-likeness (QED) is 0.451. The maximum absolute atomic E-state index is 11.2. The molecule has 1 saturated heterocycles. The lowest BCUT2D eigenvalue weighted by molar-refractivity contribution is -0.143. The van der Waals surface area contributed by atoms with Crippen LogP contribution in [-0.2, 0) is 11.3 Å². The summed E-state index contributed by atoms with van der Waals surface area (Å²) in [4.78, 5) is 13.5. The van der Waals surface area contributed by atoms with E-state index in [1.54, 1.807) is 0 Å². The number of carboxylic acid groups (broad SMARTS) is 1. The highest BCUT2D eigenvalue weighted by Gasteiger charge is 2.24. The second-order valence-electron chi connectivity index (χ2n) is 7.92. The molecule has 4 nitrogen and oxygen atoms in total.